The van der Waals surface area contributed by atoms with Crippen LogP contribution in [0.2, 0.25) is 0 Å². The van der Waals surface area contributed by atoms with Crippen LogP contribution in [0.1, 0.15) is 30.9 Å². The second-order valence-electron chi connectivity index (χ2n) is 5.31. The fraction of sp³-hybridized carbons (Fsp3) is 0.211. The van der Waals surface area contributed by atoms with Gasteiger partial charge in [0.2, 0.25) is 0 Å². The summed E-state index contributed by atoms with van der Waals surface area (Å²) in [4.78, 5) is 7.10. The summed E-state index contributed by atoms with van der Waals surface area (Å²) in [5.41, 5.74) is 4.50. The third-order valence-corrected chi connectivity index (χ3v) is 3.76. The zero-order valence-electron chi connectivity index (χ0n) is 12.4. The molecule has 2 nitrogen and oxygen atoms in total. The molecule has 1 aliphatic heterocycles. The number of aliphatic imine (C=N–C) groups is 1. The van der Waals surface area contributed by atoms with Gasteiger partial charge in [-0.1, -0.05) is 62.0 Å². The molecule has 0 bridgehead atoms. The third-order valence-electron chi connectivity index (χ3n) is 3.76. The lowest BCUT2D eigenvalue weighted by atomic mass is 10.0. The van der Waals surface area contributed by atoms with E-state index in [1.807, 2.05) is 18.2 Å². The summed E-state index contributed by atoms with van der Waals surface area (Å²) in [6, 6.07) is 18.7. The Morgan fingerprint density at radius 1 is 1.00 bits per heavy atom. The molecule has 0 saturated heterocycles. The molecule has 3 rings (SSSR count). The lowest BCUT2D eigenvalue weighted by molar-refractivity contribution is 0.557. The summed E-state index contributed by atoms with van der Waals surface area (Å²) >= 11 is 0. The minimum absolute atomic E-state index is 0.826. The van der Waals surface area contributed by atoms with Gasteiger partial charge in [0, 0.05) is 24.2 Å². The normalized spacial score (nSPS) is 13.9. The smallest absolute Gasteiger partial charge is 0.110 e. The molecule has 21 heavy (non-hydrogen) atoms. The maximum Gasteiger partial charge on any atom is 0.110 e. The van der Waals surface area contributed by atoms with Crippen molar-refractivity contribution in [3.8, 4) is 0 Å². The SMILES string of the molecule is C=C1c2ccccc2N=C(CCC)N1Cc1ccccc1. The fourth-order valence-electron chi connectivity index (χ4n) is 2.68. The Morgan fingerprint density at radius 2 is 1.71 bits per heavy atom. The molecular weight excluding hydrogens is 256 g/mol. The van der Waals surface area contributed by atoms with Gasteiger partial charge in [0.15, 0.2) is 0 Å². The Labute approximate surface area is 126 Å². The van der Waals surface area contributed by atoms with E-state index >= 15 is 0 Å². The Kier molecular flexibility index (Phi) is 3.87. The highest BCUT2D eigenvalue weighted by molar-refractivity contribution is 5.97. The van der Waals surface area contributed by atoms with Crippen molar-refractivity contribution in [1.29, 1.82) is 0 Å². The van der Waals surface area contributed by atoms with Gasteiger partial charge in [0.1, 0.15) is 5.84 Å². The predicted octanol–water partition coefficient (Wildman–Crippen LogP) is 5.00. The quantitative estimate of drug-likeness (QED) is 0.767. The highest BCUT2D eigenvalue weighted by atomic mass is 15.2. The molecule has 0 unspecified atom stereocenters. The number of amidine groups is 1. The van der Waals surface area contributed by atoms with Crippen LogP contribution in [-0.2, 0) is 6.54 Å². The van der Waals surface area contributed by atoms with Gasteiger partial charge in [-0.15, -0.1) is 0 Å². The first kappa shape index (κ1) is 13.6. The van der Waals surface area contributed by atoms with Crippen molar-refractivity contribution in [3.05, 3.63) is 72.3 Å². The van der Waals surface area contributed by atoms with E-state index < -0.39 is 0 Å². The molecule has 1 heterocycles. The van der Waals surface area contributed by atoms with Crippen LogP contribution in [0.25, 0.3) is 5.70 Å². The van der Waals surface area contributed by atoms with E-state index in [-0.39, 0.29) is 0 Å². The van der Waals surface area contributed by atoms with E-state index in [1.165, 1.54) is 5.56 Å². The van der Waals surface area contributed by atoms with Crippen LogP contribution in [0.15, 0.2) is 66.2 Å². The number of rotatable bonds is 4. The van der Waals surface area contributed by atoms with Crippen LogP contribution in [0.4, 0.5) is 5.69 Å². The summed E-state index contributed by atoms with van der Waals surface area (Å²) in [6.07, 6.45) is 2.06. The first-order valence-electron chi connectivity index (χ1n) is 7.47. The van der Waals surface area contributed by atoms with Crippen molar-refractivity contribution in [1.82, 2.24) is 4.90 Å². The van der Waals surface area contributed by atoms with Gasteiger partial charge in [0.25, 0.3) is 0 Å². The number of benzene rings is 2. The molecule has 0 atom stereocenters. The Morgan fingerprint density at radius 3 is 2.48 bits per heavy atom. The zero-order chi connectivity index (χ0) is 14.7. The topological polar surface area (TPSA) is 15.6 Å². The summed E-state index contributed by atoms with van der Waals surface area (Å²) in [7, 11) is 0. The lowest BCUT2D eigenvalue weighted by Gasteiger charge is -2.32. The monoisotopic (exact) mass is 276 g/mol. The number of hydrogen-bond acceptors (Lipinski definition) is 2. The molecule has 106 valence electrons. The van der Waals surface area contributed by atoms with Crippen molar-refractivity contribution in [2.45, 2.75) is 26.3 Å². The van der Waals surface area contributed by atoms with Gasteiger partial charge in [-0.2, -0.15) is 0 Å². The van der Waals surface area contributed by atoms with Gasteiger partial charge in [-0.05, 0) is 18.1 Å². The summed E-state index contributed by atoms with van der Waals surface area (Å²) < 4.78 is 0. The minimum atomic E-state index is 0.826. The maximum atomic E-state index is 4.84. The maximum absolute atomic E-state index is 4.84. The number of fused-ring (bicyclic) bond motifs is 1. The average Bonchev–Trinajstić information content (AvgIpc) is 2.52. The van der Waals surface area contributed by atoms with Crippen LogP contribution in [-0.4, -0.2) is 10.7 Å². The molecule has 2 heteroatoms. The number of nitrogens with zero attached hydrogens (tertiary/aromatic N) is 2. The Balaban J connectivity index is 1.97. The van der Waals surface area contributed by atoms with Crippen molar-refractivity contribution in [3.63, 3.8) is 0 Å². The summed E-state index contributed by atoms with van der Waals surface area (Å²) in [5, 5.41) is 0. The largest absolute Gasteiger partial charge is 0.325 e. The van der Waals surface area contributed by atoms with E-state index in [1.54, 1.807) is 0 Å². The molecule has 0 spiro atoms. The average molecular weight is 276 g/mol. The molecule has 1 aliphatic rings. The van der Waals surface area contributed by atoms with Crippen LogP contribution in [0, 0.1) is 0 Å². The molecule has 0 saturated carbocycles. The Bertz CT molecular complexity index is 671. The Hall–Kier alpha value is -2.35. The zero-order valence-corrected chi connectivity index (χ0v) is 12.4. The van der Waals surface area contributed by atoms with Crippen LogP contribution >= 0.6 is 0 Å². The third kappa shape index (κ3) is 2.75. The molecule has 0 aliphatic carbocycles. The van der Waals surface area contributed by atoms with E-state index in [4.69, 9.17) is 4.99 Å². The highest BCUT2D eigenvalue weighted by Gasteiger charge is 2.22. The lowest BCUT2D eigenvalue weighted by Crippen LogP contribution is -2.30. The summed E-state index contributed by atoms with van der Waals surface area (Å²) in [6.45, 7) is 7.32. The first-order chi connectivity index (χ1) is 10.3. The van der Waals surface area contributed by atoms with Gasteiger partial charge >= 0.3 is 0 Å². The van der Waals surface area contributed by atoms with Gasteiger partial charge < -0.3 is 4.90 Å². The molecule has 2 aromatic carbocycles. The molecule has 0 amide bonds. The first-order valence-corrected chi connectivity index (χ1v) is 7.47. The molecule has 0 fully saturated rings. The number of hydrogen-bond donors (Lipinski definition) is 0. The second-order valence-corrected chi connectivity index (χ2v) is 5.31. The molecule has 2 aromatic rings. The van der Waals surface area contributed by atoms with Gasteiger partial charge in [-0.25, -0.2) is 4.99 Å². The standard InChI is InChI=1S/C19H20N2/c1-3-9-19-20-18-13-8-7-12-17(18)15(2)21(19)14-16-10-5-4-6-11-16/h4-8,10-13H,2-3,9,14H2,1H3. The van der Waals surface area contributed by atoms with Gasteiger partial charge in [-0.3, -0.25) is 0 Å². The number of para-hydroxylation sites is 1. The highest BCUT2D eigenvalue weighted by Crippen LogP contribution is 2.34. The summed E-state index contributed by atoms with van der Waals surface area (Å²) in [5.74, 6) is 1.12. The van der Waals surface area contributed by atoms with Crippen LogP contribution in [0.3, 0.4) is 0 Å². The molecule has 0 aromatic heterocycles. The van der Waals surface area contributed by atoms with Crippen LogP contribution < -0.4 is 0 Å². The van der Waals surface area contributed by atoms with E-state index in [0.29, 0.717) is 0 Å². The van der Waals surface area contributed by atoms with Crippen molar-refractivity contribution >= 4 is 17.2 Å². The molecule has 0 radical (unpaired) electrons. The van der Waals surface area contributed by atoms with E-state index in [0.717, 1.165) is 42.2 Å². The minimum Gasteiger partial charge on any atom is -0.325 e. The molecular formula is C19H20N2. The predicted molar refractivity (Wildman–Crippen MR) is 89.5 cm³/mol. The van der Waals surface area contributed by atoms with Crippen molar-refractivity contribution in [2.75, 3.05) is 0 Å². The van der Waals surface area contributed by atoms with E-state index in [2.05, 4.69) is 54.8 Å². The van der Waals surface area contributed by atoms with Crippen molar-refractivity contribution < 1.29 is 0 Å². The van der Waals surface area contributed by atoms with Crippen LogP contribution in [0.5, 0.6) is 0 Å². The fourth-order valence-corrected chi connectivity index (χ4v) is 2.68. The molecule has 0 N–H and O–H groups in total. The van der Waals surface area contributed by atoms with E-state index in [9.17, 15) is 0 Å². The van der Waals surface area contributed by atoms with Gasteiger partial charge in [0.05, 0.1) is 5.69 Å². The second kappa shape index (κ2) is 5.96. The van der Waals surface area contributed by atoms with Crippen molar-refractivity contribution in [2.24, 2.45) is 4.99 Å².